The number of hydrogen-bond donors (Lipinski definition) is 3. The van der Waals surface area contributed by atoms with Gasteiger partial charge in [-0.15, -0.1) is 11.3 Å². The van der Waals surface area contributed by atoms with Gasteiger partial charge in [0.1, 0.15) is 22.0 Å². The van der Waals surface area contributed by atoms with Crippen LogP contribution in [0.3, 0.4) is 0 Å². The molecular weight excluding hydrogens is 355 g/mol. The molecule has 0 saturated carbocycles. The average molecular weight is 372 g/mol. The largest absolute Gasteiger partial charge is 0.506 e. The summed E-state index contributed by atoms with van der Waals surface area (Å²) in [4.78, 5) is 29.5. The van der Waals surface area contributed by atoms with Crippen LogP contribution in [0, 0.1) is 5.82 Å². The maximum Gasteiger partial charge on any atom is 0.265 e. The second kappa shape index (κ2) is 6.57. The lowest BCUT2D eigenvalue weighted by Gasteiger charge is -2.08. The summed E-state index contributed by atoms with van der Waals surface area (Å²) < 4.78 is 13.0. The van der Waals surface area contributed by atoms with Gasteiger partial charge < -0.3 is 15.4 Å². The summed E-state index contributed by atoms with van der Waals surface area (Å²) >= 11 is 1.48. The predicted octanol–water partition coefficient (Wildman–Crippen LogP) is 3.96. The van der Waals surface area contributed by atoms with Crippen LogP contribution >= 0.6 is 11.3 Å². The average Bonchev–Trinajstić information content (AvgIpc) is 2.78. The Balaban J connectivity index is 1.79. The number of rotatable bonds is 2. The second-order valence-corrected chi connectivity index (χ2v) is 7.51. The molecule has 3 N–H and O–H groups in total. The molecule has 134 valence electrons. The van der Waals surface area contributed by atoms with E-state index >= 15 is 0 Å². The van der Waals surface area contributed by atoms with Gasteiger partial charge in [-0.1, -0.05) is 6.42 Å². The van der Waals surface area contributed by atoms with Gasteiger partial charge in [0, 0.05) is 10.6 Å². The summed E-state index contributed by atoms with van der Waals surface area (Å²) in [6.45, 7) is 0. The van der Waals surface area contributed by atoms with E-state index in [4.69, 9.17) is 0 Å². The van der Waals surface area contributed by atoms with E-state index in [-0.39, 0.29) is 11.3 Å². The molecule has 0 aliphatic heterocycles. The standard InChI is InChI=1S/C19H17FN2O3S/c20-10-6-8-11(9-7-10)21-17(24)15-16(23)14-12-4-2-1-3-5-13(12)26-19(14)22-18(15)25/h6-9H,1-5H2,(H,21,24)(H2,22,23,25). The maximum atomic E-state index is 13.0. The van der Waals surface area contributed by atoms with E-state index in [2.05, 4.69) is 10.3 Å². The van der Waals surface area contributed by atoms with E-state index in [1.165, 1.54) is 40.5 Å². The van der Waals surface area contributed by atoms with Crippen LogP contribution in [-0.4, -0.2) is 16.0 Å². The second-order valence-electron chi connectivity index (χ2n) is 6.41. The minimum atomic E-state index is -0.717. The molecule has 0 radical (unpaired) electrons. The number of aromatic amines is 1. The lowest BCUT2D eigenvalue weighted by Crippen LogP contribution is -2.23. The number of anilines is 1. The lowest BCUT2D eigenvalue weighted by atomic mass is 10.0. The first kappa shape index (κ1) is 16.8. The van der Waals surface area contributed by atoms with Crippen molar-refractivity contribution in [1.29, 1.82) is 0 Å². The SMILES string of the molecule is O=C(Nc1ccc(F)cc1)c1c(O)c2c3c(sc2[nH]c1=O)CCCCC3. The zero-order valence-corrected chi connectivity index (χ0v) is 14.7. The van der Waals surface area contributed by atoms with Crippen LogP contribution in [0.2, 0.25) is 0 Å². The first-order valence-corrected chi connectivity index (χ1v) is 9.32. The smallest absolute Gasteiger partial charge is 0.265 e. The number of thiophene rings is 1. The fraction of sp³-hybridized carbons (Fsp3) is 0.263. The fourth-order valence-corrected chi connectivity index (χ4v) is 4.70. The normalized spacial score (nSPS) is 14.0. The molecule has 0 fully saturated rings. The first-order chi connectivity index (χ1) is 12.5. The first-order valence-electron chi connectivity index (χ1n) is 8.51. The van der Waals surface area contributed by atoms with Crippen molar-refractivity contribution < 1.29 is 14.3 Å². The molecule has 2 aromatic heterocycles. The Hall–Kier alpha value is -2.67. The summed E-state index contributed by atoms with van der Waals surface area (Å²) in [5.41, 5.74) is 0.434. The molecule has 4 rings (SSSR count). The molecule has 1 amide bonds. The Bertz CT molecular complexity index is 1050. The van der Waals surface area contributed by atoms with Crippen molar-refractivity contribution >= 4 is 33.1 Å². The van der Waals surface area contributed by atoms with Gasteiger partial charge in [0.15, 0.2) is 0 Å². The molecule has 1 aromatic carbocycles. The Morgan fingerprint density at radius 3 is 2.65 bits per heavy atom. The third-order valence-corrected chi connectivity index (χ3v) is 5.89. The van der Waals surface area contributed by atoms with Gasteiger partial charge in [-0.2, -0.15) is 0 Å². The summed E-state index contributed by atoms with van der Waals surface area (Å²) in [7, 11) is 0. The van der Waals surface area contributed by atoms with Crippen LogP contribution < -0.4 is 10.9 Å². The number of amides is 1. The molecule has 1 aliphatic carbocycles. The molecule has 0 atom stereocenters. The molecule has 1 aliphatic rings. The third-order valence-electron chi connectivity index (χ3n) is 4.68. The topological polar surface area (TPSA) is 82.2 Å². The Morgan fingerprint density at radius 2 is 1.88 bits per heavy atom. The number of aromatic hydroxyl groups is 1. The number of H-pyrrole nitrogens is 1. The minimum absolute atomic E-state index is 0.275. The molecular formula is C19H17FN2O3S. The van der Waals surface area contributed by atoms with Crippen molar-refractivity contribution in [2.24, 2.45) is 0 Å². The van der Waals surface area contributed by atoms with E-state index in [9.17, 15) is 19.1 Å². The molecule has 0 unspecified atom stereocenters. The zero-order valence-electron chi connectivity index (χ0n) is 13.9. The predicted molar refractivity (Wildman–Crippen MR) is 99.7 cm³/mol. The summed E-state index contributed by atoms with van der Waals surface area (Å²) in [6.07, 6.45) is 4.99. The third kappa shape index (κ3) is 2.88. The molecule has 2 heterocycles. The fourth-order valence-electron chi connectivity index (χ4n) is 3.42. The number of halogens is 1. The monoisotopic (exact) mass is 372 g/mol. The van der Waals surface area contributed by atoms with Crippen LogP contribution in [0.1, 0.15) is 40.1 Å². The van der Waals surface area contributed by atoms with Gasteiger partial charge >= 0.3 is 0 Å². The number of fused-ring (bicyclic) bond motifs is 3. The van der Waals surface area contributed by atoms with E-state index in [1.807, 2.05) is 0 Å². The molecule has 26 heavy (non-hydrogen) atoms. The highest BCUT2D eigenvalue weighted by molar-refractivity contribution is 7.18. The lowest BCUT2D eigenvalue weighted by molar-refractivity contribution is 0.102. The number of hydrogen-bond acceptors (Lipinski definition) is 4. The summed E-state index contributed by atoms with van der Waals surface area (Å²) in [5, 5.41) is 13.8. The Morgan fingerprint density at radius 1 is 1.15 bits per heavy atom. The van der Waals surface area contributed by atoms with Crippen LogP contribution in [0.25, 0.3) is 10.2 Å². The van der Waals surface area contributed by atoms with Crippen molar-refractivity contribution in [3.63, 3.8) is 0 Å². The molecule has 5 nitrogen and oxygen atoms in total. The molecule has 0 saturated heterocycles. The number of aryl methyl sites for hydroxylation is 2. The van der Waals surface area contributed by atoms with Crippen molar-refractivity contribution in [3.05, 3.63) is 56.4 Å². The number of carbonyl (C=O) groups is 1. The van der Waals surface area contributed by atoms with Gasteiger partial charge in [0.2, 0.25) is 0 Å². The molecule has 0 spiro atoms. The van der Waals surface area contributed by atoms with Crippen LogP contribution in [0.5, 0.6) is 5.75 Å². The van der Waals surface area contributed by atoms with Crippen molar-refractivity contribution in [2.75, 3.05) is 5.32 Å². The Labute approximate surface area is 152 Å². The van der Waals surface area contributed by atoms with Crippen molar-refractivity contribution in [2.45, 2.75) is 32.1 Å². The van der Waals surface area contributed by atoms with Gasteiger partial charge in [-0.05, 0) is 55.5 Å². The van der Waals surface area contributed by atoms with Gasteiger partial charge in [-0.25, -0.2) is 4.39 Å². The highest BCUT2D eigenvalue weighted by Crippen LogP contribution is 2.39. The molecule has 3 aromatic rings. The van der Waals surface area contributed by atoms with E-state index < -0.39 is 17.3 Å². The quantitative estimate of drug-likeness (QED) is 0.596. The Kier molecular flexibility index (Phi) is 4.24. The summed E-state index contributed by atoms with van der Waals surface area (Å²) in [6, 6.07) is 5.21. The van der Waals surface area contributed by atoms with Gasteiger partial charge in [-0.3, -0.25) is 9.59 Å². The van der Waals surface area contributed by atoms with E-state index in [1.54, 1.807) is 0 Å². The molecule has 0 bridgehead atoms. The number of nitrogens with one attached hydrogen (secondary N) is 2. The van der Waals surface area contributed by atoms with E-state index in [0.29, 0.717) is 15.9 Å². The maximum absolute atomic E-state index is 13.0. The number of benzene rings is 1. The number of carbonyl (C=O) groups excluding carboxylic acids is 1. The summed E-state index contributed by atoms with van der Waals surface area (Å²) in [5.74, 6) is -1.42. The van der Waals surface area contributed by atoms with Crippen molar-refractivity contribution in [1.82, 2.24) is 4.98 Å². The highest BCUT2D eigenvalue weighted by Gasteiger charge is 2.25. The number of aromatic nitrogens is 1. The highest BCUT2D eigenvalue weighted by atomic mass is 32.1. The van der Waals surface area contributed by atoms with E-state index in [0.717, 1.165) is 37.7 Å². The van der Waals surface area contributed by atoms with Gasteiger partial charge in [0.05, 0.1) is 5.39 Å². The van der Waals surface area contributed by atoms with Crippen LogP contribution in [0.15, 0.2) is 29.1 Å². The molecule has 7 heteroatoms. The number of pyridine rings is 1. The van der Waals surface area contributed by atoms with Crippen molar-refractivity contribution in [3.8, 4) is 5.75 Å². The van der Waals surface area contributed by atoms with Gasteiger partial charge in [0.25, 0.3) is 11.5 Å². The minimum Gasteiger partial charge on any atom is -0.506 e. The van der Waals surface area contributed by atoms with Crippen LogP contribution in [0.4, 0.5) is 10.1 Å². The van der Waals surface area contributed by atoms with Crippen LogP contribution in [-0.2, 0) is 12.8 Å². The zero-order chi connectivity index (χ0) is 18.3.